The highest BCUT2D eigenvalue weighted by Gasteiger charge is 2.22. The number of thioether (sulfide) groups is 1. The number of fused-ring (bicyclic) bond motifs is 1. The summed E-state index contributed by atoms with van der Waals surface area (Å²) in [6.45, 7) is 4.78. The fourth-order valence-corrected chi connectivity index (χ4v) is 4.11. The summed E-state index contributed by atoms with van der Waals surface area (Å²) < 4.78 is 11.1. The zero-order valence-corrected chi connectivity index (χ0v) is 18.6. The smallest absolute Gasteiger partial charge is 0.237 e. The molecule has 1 aromatic heterocycles. The molecular weight excluding hydrogens is 428 g/mol. The van der Waals surface area contributed by atoms with Crippen LogP contribution in [0.1, 0.15) is 24.9 Å². The van der Waals surface area contributed by atoms with Gasteiger partial charge in [0.15, 0.2) is 11.5 Å². The highest BCUT2D eigenvalue weighted by molar-refractivity contribution is 8.00. The summed E-state index contributed by atoms with van der Waals surface area (Å²) in [5, 5.41) is 5.50. The number of carbonyl (C=O) groups excluding carboxylic acids is 1. The highest BCUT2D eigenvalue weighted by atomic mass is 32.2. The first-order valence-electron chi connectivity index (χ1n) is 10.2. The van der Waals surface area contributed by atoms with Gasteiger partial charge in [-0.2, -0.15) is 15.0 Å². The maximum absolute atomic E-state index is 12.7. The van der Waals surface area contributed by atoms with Gasteiger partial charge in [0.25, 0.3) is 0 Å². The second kappa shape index (κ2) is 9.73. The van der Waals surface area contributed by atoms with Crippen LogP contribution in [-0.2, 0) is 4.79 Å². The van der Waals surface area contributed by atoms with Crippen LogP contribution in [0.15, 0.2) is 48.5 Å². The van der Waals surface area contributed by atoms with Gasteiger partial charge in [0.05, 0.1) is 10.5 Å². The summed E-state index contributed by atoms with van der Waals surface area (Å²) in [6.07, 6.45) is 0. The van der Waals surface area contributed by atoms with E-state index in [-0.39, 0.29) is 22.4 Å². The molecule has 0 aliphatic carbocycles. The Balaban J connectivity index is 1.39. The summed E-state index contributed by atoms with van der Waals surface area (Å²) in [6, 6.07) is 14.9. The molecule has 1 amide bonds. The van der Waals surface area contributed by atoms with Crippen molar-refractivity contribution < 1.29 is 14.3 Å². The number of ether oxygens (including phenoxy) is 2. The van der Waals surface area contributed by atoms with Crippen molar-refractivity contribution in [2.75, 3.05) is 29.6 Å². The average Bonchev–Trinajstić information content (AvgIpc) is 2.79. The molecule has 1 aliphatic rings. The van der Waals surface area contributed by atoms with Gasteiger partial charge >= 0.3 is 0 Å². The van der Waals surface area contributed by atoms with Gasteiger partial charge in [0, 0.05) is 17.4 Å². The third-order valence-corrected chi connectivity index (χ3v) is 5.89. The van der Waals surface area contributed by atoms with Gasteiger partial charge in [-0.1, -0.05) is 18.2 Å². The molecule has 0 saturated heterocycles. The number of nitrogens with two attached hydrogens (primary N) is 1. The van der Waals surface area contributed by atoms with E-state index in [9.17, 15) is 4.79 Å². The lowest BCUT2D eigenvalue weighted by molar-refractivity contribution is -0.115. The first-order chi connectivity index (χ1) is 15.5. The molecule has 0 unspecified atom stereocenters. The summed E-state index contributed by atoms with van der Waals surface area (Å²) in [7, 11) is 0. The van der Waals surface area contributed by atoms with E-state index in [0.717, 1.165) is 5.69 Å². The van der Waals surface area contributed by atoms with Gasteiger partial charge < -0.3 is 25.8 Å². The predicted molar refractivity (Wildman–Crippen MR) is 125 cm³/mol. The largest absolute Gasteiger partial charge is 0.486 e. The maximum atomic E-state index is 12.7. The molecule has 4 rings (SSSR count). The quantitative estimate of drug-likeness (QED) is 0.491. The Morgan fingerprint density at radius 2 is 1.75 bits per heavy atom. The monoisotopic (exact) mass is 452 g/mol. The lowest BCUT2D eigenvalue weighted by Gasteiger charge is -2.20. The molecule has 32 heavy (non-hydrogen) atoms. The van der Waals surface area contributed by atoms with Crippen LogP contribution in [0, 0.1) is 0 Å². The van der Waals surface area contributed by atoms with E-state index in [4.69, 9.17) is 15.2 Å². The van der Waals surface area contributed by atoms with Crippen LogP contribution in [0.2, 0.25) is 0 Å². The summed E-state index contributed by atoms with van der Waals surface area (Å²) >= 11 is 1.43. The van der Waals surface area contributed by atoms with Crippen LogP contribution in [-0.4, -0.2) is 39.3 Å². The van der Waals surface area contributed by atoms with Crippen molar-refractivity contribution in [2.45, 2.75) is 24.3 Å². The lowest BCUT2D eigenvalue weighted by Crippen LogP contribution is -2.24. The molecule has 166 valence electrons. The van der Waals surface area contributed by atoms with Crippen LogP contribution in [0.3, 0.4) is 0 Å². The Labute approximate surface area is 190 Å². The standard InChI is InChI=1S/C22H24N6O3S/c1-13(19-26-21(23)28-22(27-19)25-15-6-4-3-5-7-15)32-14(2)20(29)24-16-8-9-17-18(12-16)31-11-10-30-17/h3-9,12-14H,10-11H2,1-2H3,(H,24,29)(H3,23,25,26,27,28)/t13-,14-/m0/s1. The van der Waals surface area contributed by atoms with E-state index in [1.165, 1.54) is 11.8 Å². The molecule has 2 aromatic carbocycles. The number of nitrogen functional groups attached to an aromatic ring is 1. The van der Waals surface area contributed by atoms with Gasteiger partial charge in [-0.15, -0.1) is 11.8 Å². The number of anilines is 4. The Kier molecular flexibility index (Phi) is 6.60. The van der Waals surface area contributed by atoms with E-state index in [1.54, 1.807) is 18.2 Å². The van der Waals surface area contributed by atoms with Crippen molar-refractivity contribution in [3.8, 4) is 11.5 Å². The van der Waals surface area contributed by atoms with Gasteiger partial charge in [0.2, 0.25) is 17.8 Å². The van der Waals surface area contributed by atoms with E-state index in [2.05, 4.69) is 25.6 Å². The number of rotatable bonds is 7. The predicted octanol–water partition coefficient (Wildman–Crippen LogP) is 3.79. The summed E-state index contributed by atoms with van der Waals surface area (Å²) in [5.74, 6) is 2.15. The minimum Gasteiger partial charge on any atom is -0.486 e. The van der Waals surface area contributed by atoms with Crippen molar-refractivity contribution in [3.63, 3.8) is 0 Å². The van der Waals surface area contributed by atoms with Crippen molar-refractivity contribution in [3.05, 3.63) is 54.4 Å². The van der Waals surface area contributed by atoms with Gasteiger partial charge in [-0.25, -0.2) is 0 Å². The molecule has 0 radical (unpaired) electrons. The zero-order chi connectivity index (χ0) is 22.5. The number of hydrogen-bond donors (Lipinski definition) is 3. The number of nitrogens with one attached hydrogen (secondary N) is 2. The normalized spacial score (nSPS) is 14.3. The van der Waals surface area contributed by atoms with Crippen molar-refractivity contribution in [1.82, 2.24) is 15.0 Å². The molecule has 0 fully saturated rings. The minimum atomic E-state index is -0.360. The van der Waals surface area contributed by atoms with E-state index < -0.39 is 0 Å². The van der Waals surface area contributed by atoms with Crippen LogP contribution in [0.25, 0.3) is 0 Å². The number of amides is 1. The molecule has 2 heterocycles. The third-order valence-electron chi connectivity index (χ3n) is 4.65. The van der Waals surface area contributed by atoms with Gasteiger partial charge in [-0.05, 0) is 38.1 Å². The topological polar surface area (TPSA) is 124 Å². The number of aromatic nitrogens is 3. The maximum Gasteiger partial charge on any atom is 0.237 e. The third kappa shape index (κ3) is 5.38. The minimum absolute atomic E-state index is 0.120. The first kappa shape index (κ1) is 21.7. The number of benzene rings is 2. The molecular formula is C22H24N6O3S. The highest BCUT2D eigenvalue weighted by Crippen LogP contribution is 2.34. The van der Waals surface area contributed by atoms with E-state index >= 15 is 0 Å². The molecule has 0 spiro atoms. The van der Waals surface area contributed by atoms with Gasteiger partial charge in [-0.3, -0.25) is 4.79 Å². The van der Waals surface area contributed by atoms with Crippen molar-refractivity contribution in [2.24, 2.45) is 0 Å². The molecule has 1 aliphatic heterocycles. The Morgan fingerprint density at radius 1 is 1.00 bits per heavy atom. The Morgan fingerprint density at radius 3 is 2.53 bits per heavy atom. The second-order valence-electron chi connectivity index (χ2n) is 7.13. The number of nitrogens with zero attached hydrogens (tertiary/aromatic N) is 3. The molecule has 10 heteroatoms. The zero-order valence-electron chi connectivity index (χ0n) is 17.7. The molecule has 0 saturated carbocycles. The van der Waals surface area contributed by atoms with Crippen LogP contribution >= 0.6 is 11.8 Å². The SMILES string of the molecule is C[C@H](S[C@@H](C)c1nc(N)nc(Nc2ccccc2)n1)C(=O)Nc1ccc2c(c1)OCCO2. The lowest BCUT2D eigenvalue weighted by atomic mass is 10.2. The summed E-state index contributed by atoms with van der Waals surface area (Å²) in [5.41, 5.74) is 7.38. The van der Waals surface area contributed by atoms with Crippen LogP contribution in [0.5, 0.6) is 11.5 Å². The average molecular weight is 453 g/mol. The summed E-state index contributed by atoms with van der Waals surface area (Å²) in [4.78, 5) is 25.6. The van der Waals surface area contributed by atoms with Crippen LogP contribution < -0.4 is 25.8 Å². The fourth-order valence-electron chi connectivity index (χ4n) is 3.09. The second-order valence-corrected chi connectivity index (χ2v) is 8.82. The van der Waals surface area contributed by atoms with Crippen LogP contribution in [0.4, 0.5) is 23.3 Å². The van der Waals surface area contributed by atoms with E-state index in [0.29, 0.717) is 42.2 Å². The van der Waals surface area contributed by atoms with Crippen molar-refractivity contribution >= 4 is 40.9 Å². The number of carbonyl (C=O) groups is 1. The molecule has 3 aromatic rings. The molecule has 4 N–H and O–H groups in total. The number of hydrogen-bond acceptors (Lipinski definition) is 9. The molecule has 0 bridgehead atoms. The van der Waals surface area contributed by atoms with E-state index in [1.807, 2.05) is 44.2 Å². The molecule has 2 atom stereocenters. The first-order valence-corrected chi connectivity index (χ1v) is 11.1. The Bertz CT molecular complexity index is 1100. The fraction of sp³-hybridized carbons (Fsp3) is 0.273. The van der Waals surface area contributed by atoms with Crippen molar-refractivity contribution in [1.29, 1.82) is 0 Å². The number of para-hydroxylation sites is 1. The Hall–Kier alpha value is -3.53. The molecule has 9 nitrogen and oxygen atoms in total. The van der Waals surface area contributed by atoms with Gasteiger partial charge in [0.1, 0.15) is 19.0 Å².